The minimum absolute atomic E-state index is 0.177. The normalized spacial score (nSPS) is 16.9. The Bertz CT molecular complexity index is 524. The first-order chi connectivity index (χ1) is 9.19. The Morgan fingerprint density at radius 1 is 1.47 bits per heavy atom. The number of nitrogens with one attached hydrogen (secondary N) is 1. The van der Waals surface area contributed by atoms with Gasteiger partial charge in [0.05, 0.1) is 3.79 Å². The van der Waals surface area contributed by atoms with Gasteiger partial charge in [-0.3, -0.25) is 4.79 Å². The molecule has 100 valence electrons. The summed E-state index contributed by atoms with van der Waals surface area (Å²) in [4.78, 5) is 12.0. The van der Waals surface area contributed by atoms with Gasteiger partial charge in [0.15, 0.2) is 0 Å². The molecule has 1 N–H and O–H groups in total. The van der Waals surface area contributed by atoms with E-state index in [1.165, 1.54) is 17.8 Å². The Hall–Kier alpha value is -1.12. The molecule has 1 heterocycles. The van der Waals surface area contributed by atoms with Gasteiger partial charge in [0.25, 0.3) is 5.91 Å². The van der Waals surface area contributed by atoms with Gasteiger partial charge >= 0.3 is 0 Å². The number of rotatable bonds is 3. The molecule has 0 atom stereocenters. The molecule has 1 amide bonds. The quantitative estimate of drug-likeness (QED) is 0.671. The third-order valence-electron chi connectivity index (χ3n) is 3.20. The highest BCUT2D eigenvalue weighted by molar-refractivity contribution is 9.11. The first-order valence-corrected chi connectivity index (χ1v) is 8.03. The predicted molar refractivity (Wildman–Crippen MR) is 80.6 cm³/mol. The average Bonchev–Trinajstić information content (AvgIpc) is 2.82. The van der Waals surface area contributed by atoms with Crippen molar-refractivity contribution in [2.24, 2.45) is 0 Å². The summed E-state index contributed by atoms with van der Waals surface area (Å²) in [5, 5.41) is 14.0. The fourth-order valence-electron chi connectivity index (χ4n) is 2.22. The fraction of sp³-hybridized carbons (Fsp3) is 0.429. The minimum Gasteiger partial charge on any atom is -0.349 e. The zero-order valence-corrected chi connectivity index (χ0v) is 12.9. The summed E-state index contributed by atoms with van der Waals surface area (Å²) in [6.07, 6.45) is 7.25. The van der Waals surface area contributed by atoms with E-state index in [1.807, 2.05) is 17.5 Å². The molecule has 0 aliphatic heterocycles. The molecule has 1 aliphatic rings. The number of hydrogen-bond donors (Lipinski definition) is 1. The van der Waals surface area contributed by atoms with Crippen LogP contribution < -0.4 is 5.32 Å². The van der Waals surface area contributed by atoms with E-state index in [4.69, 9.17) is 5.26 Å². The van der Waals surface area contributed by atoms with Crippen molar-refractivity contribution >= 4 is 39.2 Å². The number of thiophene rings is 1. The topological polar surface area (TPSA) is 52.9 Å². The summed E-state index contributed by atoms with van der Waals surface area (Å²) >= 11 is 4.90. The number of carbonyl (C=O) groups excluding carboxylic acids is 1. The molecule has 3 nitrogen and oxygen atoms in total. The third kappa shape index (κ3) is 4.19. The van der Waals surface area contributed by atoms with Crippen LogP contribution in [0, 0.1) is 11.3 Å². The molecule has 1 aromatic heterocycles. The van der Waals surface area contributed by atoms with Crippen LogP contribution >= 0.6 is 27.3 Å². The van der Waals surface area contributed by atoms with Crippen LogP contribution in [0.15, 0.2) is 20.8 Å². The van der Waals surface area contributed by atoms with E-state index in [2.05, 4.69) is 21.2 Å². The standard InChI is InChI=1S/C14H15BrN2OS/c15-13-7-10(9-19-13)6-11(8-16)14(18)17-12-4-2-1-3-5-12/h6-7,9,12H,1-5H2,(H,17,18)/b11-6+. The van der Waals surface area contributed by atoms with Gasteiger partial charge in [-0.25, -0.2) is 0 Å². The third-order valence-corrected chi connectivity index (χ3v) is 4.73. The maximum Gasteiger partial charge on any atom is 0.262 e. The second-order valence-electron chi connectivity index (χ2n) is 4.66. The van der Waals surface area contributed by atoms with Gasteiger partial charge in [0.2, 0.25) is 0 Å². The van der Waals surface area contributed by atoms with Crippen molar-refractivity contribution in [1.82, 2.24) is 5.32 Å². The van der Waals surface area contributed by atoms with E-state index in [0.29, 0.717) is 0 Å². The van der Waals surface area contributed by atoms with Crippen LogP contribution in [0.3, 0.4) is 0 Å². The van der Waals surface area contributed by atoms with Crippen molar-refractivity contribution in [3.8, 4) is 6.07 Å². The number of nitrogens with zero attached hydrogens (tertiary/aromatic N) is 1. The number of halogens is 1. The van der Waals surface area contributed by atoms with Crippen LogP contribution in [-0.2, 0) is 4.79 Å². The van der Waals surface area contributed by atoms with Crippen molar-refractivity contribution in [3.05, 3.63) is 26.4 Å². The lowest BCUT2D eigenvalue weighted by molar-refractivity contribution is -0.117. The molecular formula is C14H15BrN2OS. The summed E-state index contributed by atoms with van der Waals surface area (Å²) in [5.74, 6) is -0.253. The summed E-state index contributed by atoms with van der Waals surface area (Å²) < 4.78 is 0.990. The molecule has 5 heteroatoms. The van der Waals surface area contributed by atoms with E-state index in [9.17, 15) is 4.79 Å². The molecule has 1 saturated carbocycles. The summed E-state index contributed by atoms with van der Waals surface area (Å²) in [6, 6.07) is 4.12. The second-order valence-corrected chi connectivity index (χ2v) is 6.95. The summed E-state index contributed by atoms with van der Waals surface area (Å²) in [6.45, 7) is 0. The highest BCUT2D eigenvalue weighted by Crippen LogP contribution is 2.23. The zero-order chi connectivity index (χ0) is 13.7. The molecule has 1 aromatic rings. The Kier molecular flexibility index (Phi) is 5.17. The Morgan fingerprint density at radius 3 is 2.79 bits per heavy atom. The first-order valence-electron chi connectivity index (χ1n) is 6.36. The monoisotopic (exact) mass is 338 g/mol. The van der Waals surface area contributed by atoms with Crippen molar-refractivity contribution in [3.63, 3.8) is 0 Å². The van der Waals surface area contributed by atoms with Crippen LogP contribution in [0.2, 0.25) is 0 Å². The van der Waals surface area contributed by atoms with Crippen molar-refractivity contribution in [2.45, 2.75) is 38.1 Å². The molecule has 1 aliphatic carbocycles. The number of hydrogen-bond acceptors (Lipinski definition) is 3. The Balaban J connectivity index is 2.02. The smallest absolute Gasteiger partial charge is 0.262 e. The number of nitriles is 1. The van der Waals surface area contributed by atoms with E-state index < -0.39 is 0 Å². The van der Waals surface area contributed by atoms with Gasteiger partial charge in [-0.05, 0) is 51.9 Å². The lowest BCUT2D eigenvalue weighted by Crippen LogP contribution is -2.36. The van der Waals surface area contributed by atoms with E-state index in [0.717, 1.165) is 35.0 Å². The van der Waals surface area contributed by atoms with E-state index in [1.54, 1.807) is 6.08 Å². The lowest BCUT2D eigenvalue weighted by atomic mass is 9.95. The van der Waals surface area contributed by atoms with Crippen LogP contribution in [0.1, 0.15) is 37.7 Å². The highest BCUT2D eigenvalue weighted by atomic mass is 79.9. The van der Waals surface area contributed by atoms with E-state index in [-0.39, 0.29) is 17.5 Å². The molecule has 0 saturated heterocycles. The van der Waals surface area contributed by atoms with Gasteiger partial charge in [-0.15, -0.1) is 11.3 Å². The van der Waals surface area contributed by atoms with Crippen LogP contribution in [0.4, 0.5) is 0 Å². The zero-order valence-electron chi connectivity index (χ0n) is 10.5. The van der Waals surface area contributed by atoms with Gasteiger partial charge in [-0.2, -0.15) is 5.26 Å². The van der Waals surface area contributed by atoms with Crippen molar-refractivity contribution in [2.75, 3.05) is 0 Å². The molecule has 19 heavy (non-hydrogen) atoms. The molecule has 0 radical (unpaired) electrons. The van der Waals surface area contributed by atoms with Gasteiger partial charge in [0.1, 0.15) is 11.6 Å². The highest BCUT2D eigenvalue weighted by Gasteiger charge is 2.18. The second kappa shape index (κ2) is 6.88. The largest absolute Gasteiger partial charge is 0.349 e. The predicted octanol–water partition coefficient (Wildman–Crippen LogP) is 3.87. The lowest BCUT2D eigenvalue weighted by Gasteiger charge is -2.22. The van der Waals surface area contributed by atoms with E-state index >= 15 is 0 Å². The van der Waals surface area contributed by atoms with Crippen LogP contribution in [0.5, 0.6) is 0 Å². The minimum atomic E-state index is -0.253. The Labute approximate surface area is 125 Å². The van der Waals surface area contributed by atoms with Crippen molar-refractivity contribution in [1.29, 1.82) is 5.26 Å². The molecule has 1 fully saturated rings. The number of amides is 1. The molecule has 2 rings (SSSR count). The molecule has 0 unspecified atom stereocenters. The summed E-state index contributed by atoms with van der Waals surface area (Å²) in [5.41, 5.74) is 1.06. The SMILES string of the molecule is N#C/C(=C\c1csc(Br)c1)C(=O)NC1CCCCC1. The number of carbonyl (C=O) groups is 1. The molecule has 0 spiro atoms. The van der Waals surface area contributed by atoms with Gasteiger partial charge in [0, 0.05) is 6.04 Å². The molecule has 0 bridgehead atoms. The maximum absolute atomic E-state index is 12.0. The Morgan fingerprint density at radius 2 is 2.21 bits per heavy atom. The molecular weight excluding hydrogens is 324 g/mol. The molecule has 0 aromatic carbocycles. The van der Waals surface area contributed by atoms with Crippen LogP contribution in [0.25, 0.3) is 6.08 Å². The fourth-order valence-corrected chi connectivity index (χ4v) is 3.36. The maximum atomic E-state index is 12.0. The average molecular weight is 339 g/mol. The van der Waals surface area contributed by atoms with Crippen LogP contribution in [-0.4, -0.2) is 11.9 Å². The van der Waals surface area contributed by atoms with Gasteiger partial charge in [-0.1, -0.05) is 19.3 Å². The van der Waals surface area contributed by atoms with Gasteiger partial charge < -0.3 is 5.32 Å². The summed E-state index contributed by atoms with van der Waals surface area (Å²) in [7, 11) is 0. The van der Waals surface area contributed by atoms with Crippen molar-refractivity contribution < 1.29 is 4.79 Å². The first kappa shape index (κ1) is 14.3.